The van der Waals surface area contributed by atoms with Gasteiger partial charge in [0.2, 0.25) is 0 Å². The summed E-state index contributed by atoms with van der Waals surface area (Å²) in [6.45, 7) is 3.59. The molecule has 2 aromatic rings. The molecule has 1 saturated heterocycles. The highest BCUT2D eigenvalue weighted by molar-refractivity contribution is 7.22. The van der Waals surface area contributed by atoms with Crippen molar-refractivity contribution in [3.05, 3.63) is 38.2 Å². The molecule has 0 N–H and O–H groups in total. The Balaban J connectivity index is 1.48. The second-order valence-electron chi connectivity index (χ2n) is 8.50. The minimum atomic E-state index is -4.80. The molecule has 1 aromatic heterocycles. The number of anilines is 1. The number of halogens is 3. The fourth-order valence-corrected chi connectivity index (χ4v) is 5.59. The molecule has 1 saturated carbocycles. The Bertz CT molecular complexity index is 1150. The number of aromatic nitrogens is 1. The first-order chi connectivity index (χ1) is 16.2. The molecule has 0 amide bonds. The number of hydrogen-bond donors (Lipinski definition) is 0. The third-order valence-electron chi connectivity index (χ3n) is 6.28. The summed E-state index contributed by atoms with van der Waals surface area (Å²) in [6, 6.07) is 1.12. The van der Waals surface area contributed by atoms with Gasteiger partial charge in [0.25, 0.3) is 11.2 Å². The van der Waals surface area contributed by atoms with Crippen LogP contribution < -0.4 is 10.5 Å². The number of hydrogen-bond acceptors (Lipinski definition) is 9. The quantitative estimate of drug-likeness (QED) is 0.454. The summed E-state index contributed by atoms with van der Waals surface area (Å²) in [6.07, 6.45) is -0.828. The van der Waals surface area contributed by atoms with E-state index in [-0.39, 0.29) is 15.2 Å². The third-order valence-corrected chi connectivity index (χ3v) is 7.44. The topological polar surface area (TPSA) is 101 Å². The number of nitro benzene ring substituents is 1. The highest BCUT2D eigenvalue weighted by atomic mass is 32.1. The van der Waals surface area contributed by atoms with Crippen molar-refractivity contribution >= 4 is 38.0 Å². The fraction of sp³-hybridized carbons (Fsp3) is 0.571. The van der Waals surface area contributed by atoms with Crippen molar-refractivity contribution in [1.29, 1.82) is 0 Å². The van der Waals surface area contributed by atoms with Gasteiger partial charge < -0.3 is 9.74 Å². The first-order valence-electron chi connectivity index (χ1n) is 10.9. The largest absolute Gasteiger partial charge is 0.416 e. The second-order valence-corrected chi connectivity index (χ2v) is 9.48. The molecule has 2 aliphatic rings. The molecular weight excluding hydrogens is 475 g/mol. The van der Waals surface area contributed by atoms with E-state index in [9.17, 15) is 28.1 Å². The van der Waals surface area contributed by atoms with Crippen LogP contribution in [0.5, 0.6) is 0 Å². The van der Waals surface area contributed by atoms with Gasteiger partial charge in [-0.05, 0) is 37.7 Å². The summed E-state index contributed by atoms with van der Waals surface area (Å²) in [5, 5.41) is 15.4. The number of piperazine rings is 1. The van der Waals surface area contributed by atoms with Gasteiger partial charge in [0.15, 0.2) is 5.13 Å². The van der Waals surface area contributed by atoms with E-state index in [1.807, 2.05) is 4.90 Å². The average molecular weight is 500 g/mol. The maximum Gasteiger partial charge on any atom is 0.416 e. The van der Waals surface area contributed by atoms with Crippen molar-refractivity contribution < 1.29 is 22.9 Å². The summed E-state index contributed by atoms with van der Waals surface area (Å²) >= 11 is 0.886. The van der Waals surface area contributed by atoms with E-state index in [2.05, 4.69) is 15.0 Å². The Hall–Kier alpha value is -2.80. The lowest BCUT2D eigenvalue weighted by molar-refractivity contribution is -0.383. The summed E-state index contributed by atoms with van der Waals surface area (Å²) in [4.78, 5) is 36.2. The van der Waals surface area contributed by atoms with Gasteiger partial charge in [-0.15, -0.1) is 0 Å². The number of benzene rings is 1. The first kappa shape index (κ1) is 24.3. The van der Waals surface area contributed by atoms with E-state index in [1.54, 1.807) is 7.11 Å². The zero-order valence-corrected chi connectivity index (χ0v) is 19.3. The molecule has 184 valence electrons. The van der Waals surface area contributed by atoms with Crippen LogP contribution in [0.25, 0.3) is 10.1 Å². The zero-order valence-electron chi connectivity index (χ0n) is 18.5. The number of rotatable bonds is 5. The van der Waals surface area contributed by atoms with Crippen LogP contribution in [-0.2, 0) is 11.0 Å². The van der Waals surface area contributed by atoms with Gasteiger partial charge in [-0.25, -0.2) is 0 Å². The van der Waals surface area contributed by atoms with Gasteiger partial charge >= 0.3 is 6.18 Å². The van der Waals surface area contributed by atoms with Gasteiger partial charge in [0, 0.05) is 38.8 Å². The normalized spacial score (nSPS) is 19.9. The van der Waals surface area contributed by atoms with E-state index in [4.69, 9.17) is 4.84 Å². The fourth-order valence-electron chi connectivity index (χ4n) is 4.48. The molecule has 0 bridgehead atoms. The molecule has 0 atom stereocenters. The Morgan fingerprint density at radius 3 is 2.50 bits per heavy atom. The summed E-state index contributed by atoms with van der Waals surface area (Å²) in [5.74, 6) is 0.572. The smallest absolute Gasteiger partial charge is 0.399 e. The van der Waals surface area contributed by atoms with Gasteiger partial charge in [-0.1, -0.05) is 16.5 Å². The Morgan fingerprint density at radius 2 is 1.91 bits per heavy atom. The Morgan fingerprint density at radius 1 is 1.24 bits per heavy atom. The summed E-state index contributed by atoms with van der Waals surface area (Å²) < 4.78 is 39.4. The molecule has 0 spiro atoms. The van der Waals surface area contributed by atoms with E-state index in [1.165, 1.54) is 0 Å². The van der Waals surface area contributed by atoms with Gasteiger partial charge in [-0.2, -0.15) is 18.2 Å². The second kappa shape index (κ2) is 9.82. The minimum Gasteiger partial charge on any atom is -0.399 e. The Labute approximate surface area is 197 Å². The SMILES string of the molecule is CON=C1CCC(CN2CCN(c3nc(=O)c4cc(C(F)(F)F)cc([N+](=O)[O-])c4s3)CC2)CC1. The molecule has 2 heterocycles. The molecule has 1 aliphatic heterocycles. The van der Waals surface area contributed by atoms with Crippen LogP contribution in [0.4, 0.5) is 24.0 Å². The summed E-state index contributed by atoms with van der Waals surface area (Å²) in [7, 11) is 1.55. The lowest BCUT2D eigenvalue weighted by Crippen LogP contribution is -2.48. The van der Waals surface area contributed by atoms with Crippen molar-refractivity contribution in [3.63, 3.8) is 0 Å². The summed E-state index contributed by atoms with van der Waals surface area (Å²) in [5.41, 5.74) is -1.77. The van der Waals surface area contributed by atoms with E-state index < -0.39 is 27.9 Å². The predicted octanol–water partition coefficient (Wildman–Crippen LogP) is 3.90. The van der Waals surface area contributed by atoms with Crippen LogP contribution in [0.15, 0.2) is 22.1 Å². The number of nitro groups is 1. The number of alkyl halides is 3. The zero-order chi connectivity index (χ0) is 24.5. The first-order valence-corrected chi connectivity index (χ1v) is 11.7. The van der Waals surface area contributed by atoms with Crippen molar-refractivity contribution in [2.24, 2.45) is 11.1 Å². The molecule has 1 aliphatic carbocycles. The van der Waals surface area contributed by atoms with Gasteiger partial charge in [0.1, 0.15) is 11.8 Å². The maximum absolute atomic E-state index is 13.2. The third kappa shape index (κ3) is 5.30. The molecule has 4 rings (SSSR count). The van der Waals surface area contributed by atoms with Crippen molar-refractivity contribution in [3.8, 4) is 0 Å². The molecular formula is C21H24F3N5O4S. The van der Waals surface area contributed by atoms with Crippen LogP contribution in [0.2, 0.25) is 0 Å². The monoisotopic (exact) mass is 499 g/mol. The van der Waals surface area contributed by atoms with E-state index in [0.29, 0.717) is 31.1 Å². The van der Waals surface area contributed by atoms with Crippen LogP contribution in [-0.4, -0.2) is 60.4 Å². The number of nitrogens with zero attached hydrogens (tertiary/aromatic N) is 5. The van der Waals surface area contributed by atoms with Crippen molar-refractivity contribution in [2.45, 2.75) is 31.9 Å². The number of oxime groups is 1. The number of non-ortho nitro benzene ring substituents is 1. The van der Waals surface area contributed by atoms with Crippen LogP contribution in [0.3, 0.4) is 0 Å². The highest BCUT2D eigenvalue weighted by Gasteiger charge is 2.34. The minimum absolute atomic E-state index is 0.0915. The molecule has 9 nitrogen and oxygen atoms in total. The molecule has 0 unspecified atom stereocenters. The molecule has 1 aromatic carbocycles. The average Bonchev–Trinajstić information content (AvgIpc) is 2.79. The molecule has 34 heavy (non-hydrogen) atoms. The molecule has 2 fully saturated rings. The Kier molecular flexibility index (Phi) is 7.03. The van der Waals surface area contributed by atoms with E-state index >= 15 is 0 Å². The maximum atomic E-state index is 13.2. The van der Waals surface area contributed by atoms with Gasteiger partial charge in [-0.3, -0.25) is 19.8 Å². The van der Waals surface area contributed by atoms with Crippen LogP contribution in [0, 0.1) is 16.0 Å². The van der Waals surface area contributed by atoms with Crippen molar-refractivity contribution in [2.75, 3.05) is 44.7 Å². The lowest BCUT2D eigenvalue weighted by atomic mass is 9.87. The van der Waals surface area contributed by atoms with E-state index in [0.717, 1.165) is 62.4 Å². The lowest BCUT2D eigenvalue weighted by Gasteiger charge is -2.37. The predicted molar refractivity (Wildman–Crippen MR) is 123 cm³/mol. The standard InChI is InChI=1S/C21H24F3N5O4S/c1-33-26-15-4-2-13(3-5-15)12-27-6-8-28(9-7-27)20-25-19(30)16-10-14(21(22,23)24)11-17(29(31)32)18(16)34-20/h10-11,13H,2-9,12H2,1H3. The van der Waals surface area contributed by atoms with Gasteiger partial charge in [0.05, 0.1) is 21.6 Å². The number of fused-ring (bicyclic) bond motifs is 1. The van der Waals surface area contributed by atoms with Crippen LogP contribution in [0.1, 0.15) is 31.2 Å². The van der Waals surface area contributed by atoms with Crippen molar-refractivity contribution in [1.82, 2.24) is 9.88 Å². The molecule has 13 heteroatoms. The van der Waals surface area contributed by atoms with Crippen LogP contribution >= 0.6 is 11.3 Å². The highest BCUT2D eigenvalue weighted by Crippen LogP contribution is 2.38. The molecule has 0 radical (unpaired) electrons.